The van der Waals surface area contributed by atoms with Crippen LogP contribution in [0.3, 0.4) is 0 Å². The molecule has 7 heteroatoms. The quantitative estimate of drug-likeness (QED) is 0.753. The van der Waals surface area contributed by atoms with Crippen LogP contribution in [0.15, 0.2) is 53.4 Å². The Hall–Kier alpha value is -2.67. The highest BCUT2D eigenvalue weighted by Crippen LogP contribution is 2.29. The van der Waals surface area contributed by atoms with Gasteiger partial charge < -0.3 is 4.74 Å². The van der Waals surface area contributed by atoms with Gasteiger partial charge in [0.2, 0.25) is 0 Å². The molecular weight excluding hydrogens is 354 g/mol. The summed E-state index contributed by atoms with van der Waals surface area (Å²) in [7, 11) is -3.88. The molecule has 26 heavy (non-hydrogen) atoms. The third-order valence-electron chi connectivity index (χ3n) is 4.25. The number of esters is 1. The summed E-state index contributed by atoms with van der Waals surface area (Å²) in [6, 6.07) is 13.1. The van der Waals surface area contributed by atoms with Gasteiger partial charge in [0.15, 0.2) is 0 Å². The normalized spacial score (nSPS) is 15.2. The van der Waals surface area contributed by atoms with Crippen molar-refractivity contribution in [3.63, 3.8) is 0 Å². The monoisotopic (exact) mass is 373 g/mol. The molecule has 2 aromatic rings. The molecule has 0 unspecified atom stereocenters. The fraction of sp³-hybridized carbons (Fsp3) is 0.263. The summed E-state index contributed by atoms with van der Waals surface area (Å²) in [6.45, 7) is 3.69. The Balaban J connectivity index is 1.63. The number of fused-ring (bicyclic) bond motifs is 1. The van der Waals surface area contributed by atoms with Crippen molar-refractivity contribution in [1.82, 2.24) is 4.31 Å². The lowest BCUT2D eigenvalue weighted by Crippen LogP contribution is -2.33. The van der Waals surface area contributed by atoms with E-state index in [9.17, 15) is 18.0 Å². The molecule has 0 aliphatic carbocycles. The van der Waals surface area contributed by atoms with Crippen LogP contribution >= 0.6 is 0 Å². The number of sulfonamides is 1. The number of rotatable bonds is 5. The Kier molecular flexibility index (Phi) is 4.82. The van der Waals surface area contributed by atoms with Crippen molar-refractivity contribution in [2.24, 2.45) is 0 Å². The van der Waals surface area contributed by atoms with Gasteiger partial charge >= 0.3 is 5.97 Å². The summed E-state index contributed by atoms with van der Waals surface area (Å²) < 4.78 is 30.7. The Morgan fingerprint density at radius 1 is 1.08 bits per heavy atom. The van der Waals surface area contributed by atoms with E-state index in [-0.39, 0.29) is 23.6 Å². The molecule has 1 amide bonds. The van der Waals surface area contributed by atoms with E-state index < -0.39 is 21.9 Å². The molecule has 1 aliphatic rings. The van der Waals surface area contributed by atoms with Crippen molar-refractivity contribution in [2.75, 3.05) is 13.2 Å². The molecule has 0 spiro atoms. The van der Waals surface area contributed by atoms with E-state index in [1.807, 2.05) is 12.1 Å². The summed E-state index contributed by atoms with van der Waals surface area (Å²) in [4.78, 5) is 24.3. The minimum Gasteiger partial charge on any atom is -0.460 e. The van der Waals surface area contributed by atoms with E-state index in [1.54, 1.807) is 24.3 Å². The molecule has 6 nitrogen and oxygen atoms in total. The van der Waals surface area contributed by atoms with Gasteiger partial charge in [-0.15, -0.1) is 0 Å². The number of hydrogen-bond donors (Lipinski definition) is 0. The maximum absolute atomic E-state index is 12.4. The first-order chi connectivity index (χ1) is 12.3. The SMILES string of the molecule is CC(C)c1ccc(C(=O)OCCN2C(=O)c3ccccc3S2(=O)=O)cc1. The maximum atomic E-state index is 12.4. The first-order valence-electron chi connectivity index (χ1n) is 8.25. The highest BCUT2D eigenvalue weighted by Gasteiger charge is 2.40. The Bertz CT molecular complexity index is 948. The summed E-state index contributed by atoms with van der Waals surface area (Å²) in [5.41, 5.74) is 1.63. The minimum absolute atomic E-state index is 0.0133. The summed E-state index contributed by atoms with van der Waals surface area (Å²) in [6.07, 6.45) is 0. The van der Waals surface area contributed by atoms with Crippen molar-refractivity contribution in [1.29, 1.82) is 0 Å². The zero-order valence-electron chi connectivity index (χ0n) is 14.5. The third kappa shape index (κ3) is 3.22. The molecule has 0 bridgehead atoms. The fourth-order valence-corrected chi connectivity index (χ4v) is 4.31. The summed E-state index contributed by atoms with van der Waals surface area (Å²) >= 11 is 0. The van der Waals surface area contributed by atoms with Gasteiger partial charge in [-0.3, -0.25) is 4.79 Å². The second-order valence-corrected chi connectivity index (χ2v) is 8.12. The topological polar surface area (TPSA) is 80.8 Å². The van der Waals surface area contributed by atoms with Crippen LogP contribution in [0.25, 0.3) is 0 Å². The van der Waals surface area contributed by atoms with Crippen LogP contribution < -0.4 is 0 Å². The highest BCUT2D eigenvalue weighted by atomic mass is 32.2. The van der Waals surface area contributed by atoms with Crippen LogP contribution in [0.5, 0.6) is 0 Å². The maximum Gasteiger partial charge on any atom is 0.338 e. The van der Waals surface area contributed by atoms with E-state index in [2.05, 4.69) is 13.8 Å². The molecule has 0 atom stereocenters. The smallest absolute Gasteiger partial charge is 0.338 e. The van der Waals surface area contributed by atoms with Gasteiger partial charge in [0.1, 0.15) is 11.5 Å². The van der Waals surface area contributed by atoms with Gasteiger partial charge in [-0.1, -0.05) is 38.1 Å². The van der Waals surface area contributed by atoms with Gasteiger partial charge in [0.25, 0.3) is 15.9 Å². The molecule has 0 aromatic heterocycles. The molecule has 0 saturated heterocycles. The zero-order chi connectivity index (χ0) is 18.9. The predicted molar refractivity (Wildman–Crippen MR) is 95.5 cm³/mol. The van der Waals surface area contributed by atoms with Crippen LogP contribution in [-0.2, 0) is 14.8 Å². The van der Waals surface area contributed by atoms with Gasteiger partial charge in [-0.2, -0.15) is 0 Å². The van der Waals surface area contributed by atoms with E-state index >= 15 is 0 Å². The average Bonchev–Trinajstić information content (AvgIpc) is 2.82. The molecule has 2 aromatic carbocycles. The molecule has 3 rings (SSSR count). The highest BCUT2D eigenvalue weighted by molar-refractivity contribution is 7.90. The lowest BCUT2D eigenvalue weighted by molar-refractivity contribution is 0.0477. The first kappa shape index (κ1) is 18.1. The van der Waals surface area contributed by atoms with Crippen molar-refractivity contribution < 1.29 is 22.7 Å². The van der Waals surface area contributed by atoms with Crippen LogP contribution in [0.1, 0.15) is 46.0 Å². The standard InChI is InChI=1S/C19H19NO5S/c1-13(2)14-7-9-15(10-8-14)19(22)25-12-11-20-18(21)16-5-3-4-6-17(16)26(20,23)24/h3-10,13H,11-12H2,1-2H3. The van der Waals surface area contributed by atoms with Gasteiger partial charge in [0.05, 0.1) is 17.7 Å². The second kappa shape index (κ2) is 6.92. The van der Waals surface area contributed by atoms with Crippen LogP contribution in [0.2, 0.25) is 0 Å². The lowest BCUT2D eigenvalue weighted by Gasteiger charge is -2.15. The van der Waals surface area contributed by atoms with Crippen molar-refractivity contribution in [3.8, 4) is 0 Å². The number of hydrogen-bond acceptors (Lipinski definition) is 5. The van der Waals surface area contributed by atoms with Crippen LogP contribution in [-0.4, -0.2) is 37.8 Å². The number of carbonyl (C=O) groups excluding carboxylic acids is 2. The Morgan fingerprint density at radius 2 is 1.73 bits per heavy atom. The molecular formula is C19H19NO5S. The van der Waals surface area contributed by atoms with E-state index in [0.717, 1.165) is 9.87 Å². The number of benzene rings is 2. The summed E-state index contributed by atoms with van der Waals surface area (Å²) in [5, 5.41) is 0. The fourth-order valence-electron chi connectivity index (χ4n) is 2.76. The summed E-state index contributed by atoms with van der Waals surface area (Å²) in [5.74, 6) is -0.798. The first-order valence-corrected chi connectivity index (χ1v) is 9.69. The zero-order valence-corrected chi connectivity index (χ0v) is 15.3. The largest absolute Gasteiger partial charge is 0.460 e. The lowest BCUT2D eigenvalue weighted by atomic mass is 10.0. The molecule has 0 radical (unpaired) electrons. The van der Waals surface area contributed by atoms with Crippen molar-refractivity contribution in [3.05, 3.63) is 65.2 Å². The third-order valence-corrected chi connectivity index (χ3v) is 6.09. The number of nitrogens with zero attached hydrogens (tertiary/aromatic N) is 1. The Labute approximate surface area is 152 Å². The van der Waals surface area contributed by atoms with Crippen LogP contribution in [0, 0.1) is 0 Å². The number of ether oxygens (including phenoxy) is 1. The van der Waals surface area contributed by atoms with E-state index in [0.29, 0.717) is 11.5 Å². The van der Waals surface area contributed by atoms with Crippen molar-refractivity contribution in [2.45, 2.75) is 24.7 Å². The van der Waals surface area contributed by atoms with Gasteiger partial charge in [-0.05, 0) is 35.7 Å². The van der Waals surface area contributed by atoms with Crippen molar-refractivity contribution >= 4 is 21.9 Å². The number of carbonyl (C=O) groups is 2. The van der Waals surface area contributed by atoms with E-state index in [1.165, 1.54) is 12.1 Å². The van der Waals surface area contributed by atoms with Gasteiger partial charge in [-0.25, -0.2) is 17.5 Å². The molecule has 1 aliphatic heterocycles. The molecule has 0 N–H and O–H groups in total. The van der Waals surface area contributed by atoms with Crippen LogP contribution in [0.4, 0.5) is 0 Å². The average molecular weight is 373 g/mol. The molecule has 0 fully saturated rings. The number of amides is 1. The Morgan fingerprint density at radius 3 is 2.35 bits per heavy atom. The molecule has 1 heterocycles. The minimum atomic E-state index is -3.88. The second-order valence-electron chi connectivity index (χ2n) is 6.29. The van der Waals surface area contributed by atoms with Gasteiger partial charge in [0, 0.05) is 0 Å². The molecule has 0 saturated carbocycles. The predicted octanol–water partition coefficient (Wildman–Crippen LogP) is 2.81. The van der Waals surface area contributed by atoms with E-state index in [4.69, 9.17) is 4.74 Å². The molecule has 136 valence electrons.